The molecule has 3 heterocycles. The molecule has 0 N–H and O–H groups in total. The van der Waals surface area contributed by atoms with Crippen LogP contribution in [0.2, 0.25) is 0 Å². The van der Waals surface area contributed by atoms with E-state index in [4.69, 9.17) is 4.99 Å². The smallest absolute Gasteiger partial charge is 0.315 e. The van der Waals surface area contributed by atoms with Crippen molar-refractivity contribution in [3.8, 4) is 0 Å². The molecule has 29 heavy (non-hydrogen) atoms. The Labute approximate surface area is 172 Å². The minimum atomic E-state index is -0.509. The Bertz CT molecular complexity index is 935. The fourth-order valence-corrected chi connectivity index (χ4v) is 4.28. The van der Waals surface area contributed by atoms with Crippen LogP contribution in [-0.4, -0.2) is 63.3 Å². The average Bonchev–Trinajstić information content (AvgIpc) is 3.16. The van der Waals surface area contributed by atoms with E-state index in [1.54, 1.807) is 11.9 Å². The number of likely N-dealkylation sites (N-methyl/N-ethyl adjacent to an activating group) is 1. The number of nitrogens with zero attached hydrogens (tertiary/aromatic N) is 5. The first-order chi connectivity index (χ1) is 13.7. The molecule has 0 aromatic heterocycles. The molecule has 154 valence electrons. The second kappa shape index (κ2) is 6.90. The highest BCUT2D eigenvalue weighted by molar-refractivity contribution is 6.04. The normalized spacial score (nSPS) is 23.7. The number of aliphatic imine (C=N–C) groups is 1. The molecular formula is C22H29N5O2. The van der Waals surface area contributed by atoms with E-state index in [2.05, 4.69) is 18.7 Å². The molecule has 7 nitrogen and oxygen atoms in total. The summed E-state index contributed by atoms with van der Waals surface area (Å²) in [5.41, 5.74) is 4.25. The predicted octanol–water partition coefficient (Wildman–Crippen LogP) is 2.90. The van der Waals surface area contributed by atoms with E-state index in [1.807, 2.05) is 50.1 Å². The van der Waals surface area contributed by atoms with Crippen molar-refractivity contribution < 1.29 is 9.59 Å². The fraction of sp³-hybridized carbons (Fsp3) is 0.500. The van der Waals surface area contributed by atoms with Gasteiger partial charge in [0, 0.05) is 25.5 Å². The van der Waals surface area contributed by atoms with Crippen LogP contribution in [0.3, 0.4) is 0 Å². The lowest BCUT2D eigenvalue weighted by Gasteiger charge is -2.40. The monoisotopic (exact) mass is 395 g/mol. The second-order valence-corrected chi connectivity index (χ2v) is 8.72. The van der Waals surface area contributed by atoms with Crippen molar-refractivity contribution in [3.63, 3.8) is 0 Å². The Morgan fingerprint density at radius 2 is 1.83 bits per heavy atom. The Balaban J connectivity index is 1.65. The van der Waals surface area contributed by atoms with E-state index in [0.717, 1.165) is 34.9 Å². The molecule has 2 atom stereocenters. The van der Waals surface area contributed by atoms with Crippen molar-refractivity contribution in [2.24, 2.45) is 10.9 Å². The number of benzene rings is 1. The molecule has 7 heteroatoms. The number of urea groups is 1. The van der Waals surface area contributed by atoms with E-state index < -0.39 is 12.2 Å². The minimum Gasteiger partial charge on any atom is -0.315 e. The number of amides is 3. The topological polar surface area (TPSA) is 59.5 Å². The molecular weight excluding hydrogens is 366 g/mol. The number of carbonyl (C=O) groups excluding carboxylic acids is 2. The Kier molecular flexibility index (Phi) is 4.63. The van der Waals surface area contributed by atoms with Gasteiger partial charge in [0.25, 0.3) is 5.91 Å². The predicted molar refractivity (Wildman–Crippen MR) is 112 cm³/mol. The zero-order valence-corrected chi connectivity index (χ0v) is 18.0. The summed E-state index contributed by atoms with van der Waals surface area (Å²) in [6, 6.07) is 5.31. The molecule has 1 aromatic carbocycles. The standard InChI is InChI=1S/C22H29N5O2/c1-13(2)10-25-16(5)11-26-18-19(23-21(25)26)24(6)22(29)27(20(18)28)12-17-9-14(3)7-8-15(17)4/h7-9,11,13,18-19H,10,12H2,1-6H3. The van der Waals surface area contributed by atoms with Crippen LogP contribution in [0.5, 0.6) is 0 Å². The maximum atomic E-state index is 13.5. The van der Waals surface area contributed by atoms with Crippen molar-refractivity contribution in [1.82, 2.24) is 19.6 Å². The molecule has 3 aliphatic rings. The number of rotatable bonds is 4. The van der Waals surface area contributed by atoms with Crippen LogP contribution >= 0.6 is 0 Å². The van der Waals surface area contributed by atoms with Gasteiger partial charge in [-0.2, -0.15) is 0 Å². The number of hydrogen-bond donors (Lipinski definition) is 0. The molecule has 0 aliphatic carbocycles. The molecule has 1 aromatic rings. The Morgan fingerprint density at radius 3 is 2.52 bits per heavy atom. The summed E-state index contributed by atoms with van der Waals surface area (Å²) in [4.78, 5) is 38.3. The molecule has 4 rings (SSSR count). The van der Waals surface area contributed by atoms with Gasteiger partial charge >= 0.3 is 6.03 Å². The van der Waals surface area contributed by atoms with Crippen LogP contribution in [0.1, 0.15) is 37.5 Å². The van der Waals surface area contributed by atoms with Crippen LogP contribution in [0.15, 0.2) is 35.1 Å². The highest BCUT2D eigenvalue weighted by atomic mass is 16.2. The number of fused-ring (bicyclic) bond motifs is 3. The minimum absolute atomic E-state index is 0.187. The maximum Gasteiger partial charge on any atom is 0.328 e. The highest BCUT2D eigenvalue weighted by Crippen LogP contribution is 2.34. The number of carbonyl (C=O) groups is 2. The molecule has 2 unspecified atom stereocenters. The lowest BCUT2D eigenvalue weighted by Crippen LogP contribution is -2.63. The first-order valence-electron chi connectivity index (χ1n) is 10.2. The van der Waals surface area contributed by atoms with E-state index in [0.29, 0.717) is 5.92 Å². The molecule has 3 amide bonds. The average molecular weight is 396 g/mol. The van der Waals surface area contributed by atoms with Gasteiger partial charge in [0.15, 0.2) is 12.2 Å². The summed E-state index contributed by atoms with van der Waals surface area (Å²) >= 11 is 0. The van der Waals surface area contributed by atoms with Crippen molar-refractivity contribution in [2.75, 3.05) is 13.6 Å². The van der Waals surface area contributed by atoms with Crippen molar-refractivity contribution in [1.29, 1.82) is 0 Å². The number of allylic oxidation sites excluding steroid dienone is 1. The highest BCUT2D eigenvalue weighted by Gasteiger charge is 2.54. The lowest BCUT2D eigenvalue weighted by molar-refractivity contribution is -0.137. The van der Waals surface area contributed by atoms with E-state index in [1.165, 1.54) is 4.90 Å². The zero-order valence-electron chi connectivity index (χ0n) is 18.0. The van der Waals surface area contributed by atoms with Gasteiger partial charge in [-0.05, 0) is 37.8 Å². The van der Waals surface area contributed by atoms with Gasteiger partial charge in [0.2, 0.25) is 5.96 Å². The molecule has 0 saturated carbocycles. The zero-order chi connectivity index (χ0) is 21.0. The first-order valence-corrected chi connectivity index (χ1v) is 10.2. The largest absolute Gasteiger partial charge is 0.328 e. The van der Waals surface area contributed by atoms with E-state index >= 15 is 0 Å². The van der Waals surface area contributed by atoms with E-state index in [-0.39, 0.29) is 18.5 Å². The molecule has 0 spiro atoms. The second-order valence-electron chi connectivity index (χ2n) is 8.72. The summed E-state index contributed by atoms with van der Waals surface area (Å²) < 4.78 is 0. The molecule has 0 radical (unpaired) electrons. The van der Waals surface area contributed by atoms with E-state index in [9.17, 15) is 9.59 Å². The Morgan fingerprint density at radius 1 is 1.10 bits per heavy atom. The summed E-state index contributed by atoms with van der Waals surface area (Å²) in [5.74, 6) is 1.04. The van der Waals surface area contributed by atoms with Gasteiger partial charge in [-0.3, -0.25) is 9.69 Å². The SMILES string of the molecule is CC1=CN2C(=NC3C2C(=O)N(Cc2cc(C)ccc2C)C(=O)N3C)N1CC(C)C. The van der Waals surface area contributed by atoms with Gasteiger partial charge < -0.3 is 14.7 Å². The summed E-state index contributed by atoms with van der Waals surface area (Å²) in [6.07, 6.45) is 1.50. The lowest BCUT2D eigenvalue weighted by atomic mass is 10.0. The third-order valence-corrected chi connectivity index (χ3v) is 5.88. The fourth-order valence-electron chi connectivity index (χ4n) is 4.28. The van der Waals surface area contributed by atoms with Gasteiger partial charge in [0.1, 0.15) is 0 Å². The molecule has 1 saturated heterocycles. The number of hydrogen-bond acceptors (Lipinski definition) is 5. The van der Waals surface area contributed by atoms with Crippen molar-refractivity contribution >= 4 is 17.9 Å². The summed E-state index contributed by atoms with van der Waals surface area (Å²) in [5, 5.41) is 0. The molecule has 0 bridgehead atoms. The van der Waals surface area contributed by atoms with Gasteiger partial charge in [-0.25, -0.2) is 9.79 Å². The van der Waals surface area contributed by atoms with Crippen molar-refractivity contribution in [2.45, 2.75) is 53.4 Å². The van der Waals surface area contributed by atoms with Crippen LogP contribution in [0.25, 0.3) is 0 Å². The van der Waals surface area contributed by atoms with Gasteiger partial charge in [-0.15, -0.1) is 0 Å². The van der Waals surface area contributed by atoms with Crippen LogP contribution in [-0.2, 0) is 11.3 Å². The van der Waals surface area contributed by atoms with Crippen molar-refractivity contribution in [3.05, 3.63) is 46.8 Å². The number of guanidine groups is 1. The maximum absolute atomic E-state index is 13.5. The number of aryl methyl sites for hydroxylation is 2. The molecule has 3 aliphatic heterocycles. The van der Waals surface area contributed by atoms with Crippen LogP contribution in [0, 0.1) is 19.8 Å². The van der Waals surface area contributed by atoms with Gasteiger partial charge in [-0.1, -0.05) is 37.6 Å². The number of imide groups is 1. The Hall–Kier alpha value is -2.83. The van der Waals surface area contributed by atoms with Crippen LogP contribution < -0.4 is 0 Å². The first kappa shape index (κ1) is 19.5. The third kappa shape index (κ3) is 3.09. The van der Waals surface area contributed by atoms with Crippen LogP contribution in [0.4, 0.5) is 4.79 Å². The summed E-state index contributed by atoms with van der Waals surface area (Å²) in [6.45, 7) is 11.5. The quantitative estimate of drug-likeness (QED) is 0.787. The summed E-state index contributed by atoms with van der Waals surface area (Å²) in [7, 11) is 1.73. The third-order valence-electron chi connectivity index (χ3n) is 5.88. The molecule has 1 fully saturated rings. The van der Waals surface area contributed by atoms with Gasteiger partial charge in [0.05, 0.1) is 6.54 Å².